The molecule has 0 saturated heterocycles. The zero-order chi connectivity index (χ0) is 20.8. The first kappa shape index (κ1) is 19.7. The molecule has 142 valence electrons. The lowest BCUT2D eigenvalue weighted by Crippen LogP contribution is -2.00. The van der Waals surface area contributed by atoms with Crippen LogP contribution in [0, 0.1) is 42.3 Å². The molecular weight excluding hydrogens is 363 g/mol. The molecule has 0 fully saturated rings. The Morgan fingerprint density at radius 2 is 1.62 bits per heavy atom. The first-order valence-electron chi connectivity index (χ1n) is 9.02. The first-order chi connectivity index (χ1) is 14.0. The van der Waals surface area contributed by atoms with Crippen molar-refractivity contribution in [1.82, 2.24) is 0 Å². The fourth-order valence-electron chi connectivity index (χ4n) is 3.10. The van der Waals surface area contributed by atoms with Crippen LogP contribution >= 0.6 is 0 Å². The lowest BCUT2D eigenvalue weighted by Gasteiger charge is -2.16. The zero-order valence-corrected chi connectivity index (χ0v) is 16.1. The molecule has 0 heterocycles. The highest BCUT2D eigenvalue weighted by atomic mass is 19.1. The van der Waals surface area contributed by atoms with Gasteiger partial charge in [0.2, 0.25) is 0 Å². The topological polar surface area (TPSA) is 71.6 Å². The lowest BCUT2D eigenvalue weighted by atomic mass is 10.0. The molecule has 0 radical (unpaired) electrons. The number of hydrogen-bond donors (Lipinski definition) is 2. The summed E-state index contributed by atoms with van der Waals surface area (Å²) in [7, 11) is 0. The Morgan fingerprint density at radius 1 is 0.897 bits per heavy atom. The van der Waals surface area contributed by atoms with E-state index < -0.39 is 0 Å². The fraction of sp³-hybridized carbons (Fsp3) is 0.0833. The Labute approximate surface area is 169 Å². The summed E-state index contributed by atoms with van der Waals surface area (Å²) in [4.78, 5) is 0. The fourth-order valence-corrected chi connectivity index (χ4v) is 3.10. The third-order valence-electron chi connectivity index (χ3n) is 4.46. The van der Waals surface area contributed by atoms with Crippen molar-refractivity contribution >= 4 is 28.8 Å². The van der Waals surface area contributed by atoms with Crippen LogP contribution < -0.4 is 10.6 Å². The normalized spacial score (nSPS) is 10.4. The Morgan fingerprint density at radius 3 is 2.28 bits per heavy atom. The summed E-state index contributed by atoms with van der Waals surface area (Å²) in [6, 6.07) is 19.7. The van der Waals surface area contributed by atoms with Gasteiger partial charge in [0.05, 0.1) is 23.0 Å². The van der Waals surface area contributed by atoms with E-state index in [9.17, 15) is 9.65 Å². The van der Waals surface area contributed by atoms with Crippen molar-refractivity contribution in [3.63, 3.8) is 0 Å². The Hall–Kier alpha value is -4.09. The van der Waals surface area contributed by atoms with Crippen LogP contribution in [0.2, 0.25) is 0 Å². The summed E-state index contributed by atoms with van der Waals surface area (Å²) in [5.41, 5.74) is 5.97. The molecular formula is C24H19FN4. The number of allylic oxidation sites excluding steroid dienone is 1. The maximum absolute atomic E-state index is 14.0. The summed E-state index contributed by atoms with van der Waals surface area (Å²) in [6.45, 7) is 3.97. The van der Waals surface area contributed by atoms with Gasteiger partial charge in [0, 0.05) is 17.5 Å². The number of halogens is 1. The molecule has 4 nitrogen and oxygen atoms in total. The molecule has 0 atom stereocenters. The number of nitrogens with zero attached hydrogens (tertiary/aromatic N) is 2. The number of nitrogens with one attached hydrogen (secondary N) is 2. The average Bonchev–Trinajstić information content (AvgIpc) is 2.71. The van der Waals surface area contributed by atoms with Gasteiger partial charge in [0.25, 0.3) is 0 Å². The summed E-state index contributed by atoms with van der Waals surface area (Å²) >= 11 is 0. The van der Waals surface area contributed by atoms with Crippen LogP contribution in [-0.2, 0) is 0 Å². The number of hydrogen-bond acceptors (Lipinski definition) is 4. The van der Waals surface area contributed by atoms with Gasteiger partial charge in [-0.05, 0) is 79.1 Å². The van der Waals surface area contributed by atoms with Gasteiger partial charge in [-0.25, -0.2) is 4.39 Å². The van der Waals surface area contributed by atoms with Gasteiger partial charge < -0.3 is 10.6 Å². The second-order valence-corrected chi connectivity index (χ2v) is 6.59. The lowest BCUT2D eigenvalue weighted by molar-refractivity contribution is 0.632. The van der Waals surface area contributed by atoms with Gasteiger partial charge in [0.15, 0.2) is 0 Å². The highest BCUT2D eigenvalue weighted by molar-refractivity contribution is 5.76. The molecule has 0 spiro atoms. The minimum atomic E-state index is -0.387. The standard InChI is InChI=1S/C24H19FN4/c1-16-12-18(6-5-11-26)13-17(2)24(16)28-20-10-9-19(15-27)23(14-20)29-22-8-4-3-7-21(22)25/h3-10,12-14,28-29H,1-2H3. The third-order valence-corrected chi connectivity index (χ3v) is 4.46. The van der Waals surface area contributed by atoms with Gasteiger partial charge in [-0.2, -0.15) is 10.5 Å². The van der Waals surface area contributed by atoms with E-state index in [2.05, 4.69) is 16.7 Å². The van der Waals surface area contributed by atoms with Crippen LogP contribution in [0.25, 0.3) is 6.08 Å². The molecule has 0 unspecified atom stereocenters. The molecule has 0 amide bonds. The SMILES string of the molecule is Cc1cc(C=CC#N)cc(C)c1Nc1ccc(C#N)c(Nc2ccccc2F)c1. The Balaban J connectivity index is 1.93. The molecule has 0 saturated carbocycles. The van der Waals surface area contributed by atoms with Gasteiger partial charge in [0.1, 0.15) is 11.9 Å². The number of para-hydroxylation sites is 1. The minimum Gasteiger partial charge on any atom is -0.355 e. The summed E-state index contributed by atoms with van der Waals surface area (Å²) in [5, 5.41) is 24.5. The monoisotopic (exact) mass is 382 g/mol. The van der Waals surface area contributed by atoms with E-state index in [0.717, 1.165) is 28.1 Å². The van der Waals surface area contributed by atoms with Crippen molar-refractivity contribution in [1.29, 1.82) is 10.5 Å². The van der Waals surface area contributed by atoms with Crippen LogP contribution in [0.5, 0.6) is 0 Å². The van der Waals surface area contributed by atoms with Crippen molar-refractivity contribution in [2.24, 2.45) is 0 Å². The van der Waals surface area contributed by atoms with E-state index >= 15 is 0 Å². The smallest absolute Gasteiger partial charge is 0.146 e. The van der Waals surface area contributed by atoms with E-state index in [1.165, 1.54) is 12.1 Å². The second-order valence-electron chi connectivity index (χ2n) is 6.59. The van der Waals surface area contributed by atoms with Gasteiger partial charge in [-0.3, -0.25) is 0 Å². The summed E-state index contributed by atoms with van der Waals surface area (Å²) in [5.74, 6) is -0.387. The number of rotatable bonds is 5. The predicted octanol–water partition coefficient (Wildman–Crippen LogP) is 6.34. The third kappa shape index (κ3) is 4.61. The van der Waals surface area contributed by atoms with Crippen LogP contribution in [-0.4, -0.2) is 0 Å². The molecule has 3 aromatic carbocycles. The molecule has 0 aliphatic rings. The molecule has 2 N–H and O–H groups in total. The van der Waals surface area contributed by atoms with Crippen molar-refractivity contribution < 1.29 is 4.39 Å². The molecule has 0 aliphatic carbocycles. The Kier molecular flexibility index (Phi) is 5.92. The maximum atomic E-state index is 14.0. The highest BCUT2D eigenvalue weighted by Crippen LogP contribution is 2.30. The highest BCUT2D eigenvalue weighted by Gasteiger charge is 2.09. The van der Waals surface area contributed by atoms with E-state index in [-0.39, 0.29) is 5.82 Å². The van der Waals surface area contributed by atoms with Crippen molar-refractivity contribution in [2.45, 2.75) is 13.8 Å². The summed E-state index contributed by atoms with van der Waals surface area (Å²) < 4.78 is 14.0. The quantitative estimate of drug-likeness (QED) is 0.505. The molecule has 0 bridgehead atoms. The number of nitriles is 2. The van der Waals surface area contributed by atoms with E-state index in [4.69, 9.17) is 5.26 Å². The summed E-state index contributed by atoms with van der Waals surface area (Å²) in [6.07, 6.45) is 3.21. The van der Waals surface area contributed by atoms with Crippen molar-refractivity contribution in [3.8, 4) is 12.1 Å². The number of aryl methyl sites for hydroxylation is 2. The molecule has 0 aliphatic heterocycles. The molecule has 3 rings (SSSR count). The van der Waals surface area contributed by atoms with Gasteiger partial charge in [-0.15, -0.1) is 0 Å². The minimum absolute atomic E-state index is 0.308. The van der Waals surface area contributed by atoms with Crippen LogP contribution in [0.1, 0.15) is 22.3 Å². The van der Waals surface area contributed by atoms with E-state index in [1.807, 2.05) is 38.1 Å². The van der Waals surface area contributed by atoms with E-state index in [0.29, 0.717) is 16.9 Å². The maximum Gasteiger partial charge on any atom is 0.146 e. The number of benzene rings is 3. The van der Waals surface area contributed by atoms with Crippen molar-refractivity contribution in [2.75, 3.05) is 10.6 Å². The van der Waals surface area contributed by atoms with Crippen LogP contribution in [0.3, 0.4) is 0 Å². The van der Waals surface area contributed by atoms with Crippen LogP contribution in [0.15, 0.2) is 60.7 Å². The number of anilines is 4. The van der Waals surface area contributed by atoms with Gasteiger partial charge >= 0.3 is 0 Å². The largest absolute Gasteiger partial charge is 0.355 e. The average molecular weight is 382 g/mol. The van der Waals surface area contributed by atoms with Crippen molar-refractivity contribution in [3.05, 3.63) is 88.7 Å². The molecule has 5 heteroatoms. The second kappa shape index (κ2) is 8.73. The Bertz CT molecular complexity index is 1140. The van der Waals surface area contributed by atoms with E-state index in [1.54, 1.807) is 36.4 Å². The predicted molar refractivity (Wildman–Crippen MR) is 115 cm³/mol. The van der Waals surface area contributed by atoms with Gasteiger partial charge in [-0.1, -0.05) is 12.1 Å². The van der Waals surface area contributed by atoms with Crippen LogP contribution in [0.4, 0.5) is 27.1 Å². The molecule has 0 aromatic heterocycles. The zero-order valence-electron chi connectivity index (χ0n) is 16.1. The first-order valence-corrected chi connectivity index (χ1v) is 9.02. The molecule has 3 aromatic rings. The molecule has 29 heavy (non-hydrogen) atoms.